The minimum Gasteiger partial charge on any atom is -0.388 e. The molecule has 0 bridgehead atoms. The predicted octanol–water partition coefficient (Wildman–Crippen LogP) is 4.21. The van der Waals surface area contributed by atoms with Crippen LogP contribution in [-0.2, 0) is 23.8 Å². The van der Waals surface area contributed by atoms with Crippen molar-refractivity contribution >= 4 is 11.6 Å². The monoisotopic (exact) mass is 598 g/mol. The molecule has 0 aromatic carbocycles. The number of allylic oxidation sites excluding steroid dienone is 5. The molecule has 0 amide bonds. The lowest BCUT2D eigenvalue weighted by molar-refractivity contribution is -0.293. The Morgan fingerprint density at radius 2 is 1.74 bits per heavy atom. The quantitative estimate of drug-likeness (QED) is 0.307. The Kier molecular flexibility index (Phi) is 7.59. The highest BCUT2D eigenvalue weighted by Gasteiger charge is 2.63. The Bertz CT molecular complexity index is 1280. The third-order valence-electron chi connectivity index (χ3n) is 12.4. The van der Waals surface area contributed by atoms with Crippen molar-refractivity contribution in [2.75, 3.05) is 6.61 Å². The Hall–Kier alpha value is -1.68. The summed E-state index contributed by atoms with van der Waals surface area (Å²) in [4.78, 5) is 26.8. The average Bonchev–Trinajstić information content (AvgIpc) is 3.56. The molecule has 3 fully saturated rings. The zero-order chi connectivity index (χ0) is 31.3. The lowest BCUT2D eigenvalue weighted by Gasteiger charge is -2.50. The molecular weight excluding hydrogens is 548 g/mol. The van der Waals surface area contributed by atoms with E-state index in [1.54, 1.807) is 0 Å². The van der Waals surface area contributed by atoms with E-state index in [1.165, 1.54) is 16.7 Å². The van der Waals surface area contributed by atoms with Gasteiger partial charge in [-0.25, -0.2) is 0 Å². The molecule has 4 aliphatic carbocycles. The van der Waals surface area contributed by atoms with Crippen LogP contribution in [0, 0.1) is 34.0 Å². The maximum absolute atomic E-state index is 13.8. The molecular formula is C35H50O8. The standard InChI is InChI=1S/C35H50O8/c1-18(14-23(36)30-33(4,5)43-30)27-24(37)16-35(7)22-10-9-21-19(15-20(22)12-13-34(27,35)6)8-11-26(32(21,2)3)42-31-29(40)28(39)25(38)17-41-31/h8,10,12,18,21,25-31,38-40H,9,11,13-17H2,1-7H3/t18-,21-,25-,26+,27+,28+,29-,30-,31+,34-,35+/m1/s1. The van der Waals surface area contributed by atoms with Gasteiger partial charge in [0.15, 0.2) is 12.1 Å². The van der Waals surface area contributed by atoms with Crippen molar-refractivity contribution in [2.45, 2.75) is 129 Å². The Morgan fingerprint density at radius 1 is 1.05 bits per heavy atom. The van der Waals surface area contributed by atoms with Crippen LogP contribution in [0.2, 0.25) is 0 Å². The normalized spacial score (nSPS) is 45.4. The molecule has 2 saturated heterocycles. The van der Waals surface area contributed by atoms with Crippen molar-refractivity contribution in [3.05, 3.63) is 34.9 Å². The first kappa shape index (κ1) is 31.3. The van der Waals surface area contributed by atoms with Crippen LogP contribution in [-0.4, -0.2) is 75.9 Å². The van der Waals surface area contributed by atoms with Crippen molar-refractivity contribution in [1.82, 2.24) is 0 Å². The highest BCUT2D eigenvalue weighted by molar-refractivity contribution is 5.90. The number of aliphatic hydroxyl groups excluding tert-OH is 3. The molecule has 2 heterocycles. The zero-order valence-electron chi connectivity index (χ0n) is 26.8. The van der Waals surface area contributed by atoms with Crippen LogP contribution in [0.5, 0.6) is 0 Å². The van der Waals surface area contributed by atoms with Gasteiger partial charge in [-0.2, -0.15) is 0 Å². The van der Waals surface area contributed by atoms with E-state index in [2.05, 4.69) is 52.8 Å². The number of epoxide rings is 1. The molecule has 3 N–H and O–H groups in total. The van der Waals surface area contributed by atoms with Crippen LogP contribution < -0.4 is 0 Å². The van der Waals surface area contributed by atoms with Gasteiger partial charge in [-0.15, -0.1) is 0 Å². The molecule has 6 rings (SSSR count). The van der Waals surface area contributed by atoms with E-state index >= 15 is 0 Å². The molecule has 11 atom stereocenters. The summed E-state index contributed by atoms with van der Waals surface area (Å²) in [6, 6.07) is 0. The highest BCUT2D eigenvalue weighted by Crippen LogP contribution is 2.67. The first-order chi connectivity index (χ1) is 20.0. The fraction of sp³-hybridized carbons (Fsp3) is 0.771. The number of ketones is 2. The van der Waals surface area contributed by atoms with Crippen LogP contribution in [0.15, 0.2) is 34.9 Å². The van der Waals surface area contributed by atoms with Crippen molar-refractivity contribution in [3.8, 4) is 0 Å². The van der Waals surface area contributed by atoms with E-state index in [1.807, 2.05) is 13.8 Å². The van der Waals surface area contributed by atoms with Crippen LogP contribution in [0.25, 0.3) is 0 Å². The number of fused-ring (bicyclic) bond motifs is 4. The summed E-state index contributed by atoms with van der Waals surface area (Å²) in [5, 5.41) is 30.5. The van der Waals surface area contributed by atoms with Gasteiger partial charge < -0.3 is 29.5 Å². The molecule has 0 aromatic heterocycles. The Morgan fingerprint density at radius 3 is 2.42 bits per heavy atom. The van der Waals surface area contributed by atoms with Crippen molar-refractivity contribution in [1.29, 1.82) is 0 Å². The zero-order valence-corrected chi connectivity index (χ0v) is 26.8. The molecule has 2 aliphatic heterocycles. The summed E-state index contributed by atoms with van der Waals surface area (Å²) in [7, 11) is 0. The summed E-state index contributed by atoms with van der Waals surface area (Å²) in [5.41, 5.74) is 2.72. The fourth-order valence-corrected chi connectivity index (χ4v) is 9.45. The van der Waals surface area contributed by atoms with E-state index in [0.29, 0.717) is 19.3 Å². The van der Waals surface area contributed by atoms with Gasteiger partial charge in [0.05, 0.1) is 18.3 Å². The first-order valence-corrected chi connectivity index (χ1v) is 16.1. The fourth-order valence-electron chi connectivity index (χ4n) is 9.45. The molecule has 0 radical (unpaired) electrons. The molecule has 6 aliphatic rings. The average molecular weight is 599 g/mol. The van der Waals surface area contributed by atoms with Crippen LogP contribution >= 0.6 is 0 Å². The van der Waals surface area contributed by atoms with E-state index in [9.17, 15) is 24.9 Å². The Balaban J connectivity index is 1.23. The number of Topliss-reactive ketones (excluding diaryl/α,β-unsaturated/α-hetero) is 2. The van der Waals surface area contributed by atoms with Crippen molar-refractivity contribution in [2.24, 2.45) is 34.0 Å². The largest absolute Gasteiger partial charge is 0.388 e. The SMILES string of the molecule is C[C@H](CC(=O)[C@H]1OC1(C)C)[C@H]1C(=O)C[C@@]2(C)C3=CC[C@@H]4C(=CC[C@H](O[C@@H]5OC[C@@H](O)[C@H](O)[C@H]5O)C4(C)C)CC3=CC[C@]12C. The van der Waals surface area contributed by atoms with Gasteiger partial charge >= 0.3 is 0 Å². The van der Waals surface area contributed by atoms with Gasteiger partial charge in [0.2, 0.25) is 0 Å². The van der Waals surface area contributed by atoms with Gasteiger partial charge in [-0.05, 0) is 73.3 Å². The third kappa shape index (κ3) is 4.86. The maximum atomic E-state index is 13.8. The van der Waals surface area contributed by atoms with Crippen molar-refractivity contribution < 1.29 is 39.1 Å². The molecule has 8 nitrogen and oxygen atoms in total. The molecule has 238 valence electrons. The van der Waals surface area contributed by atoms with Gasteiger partial charge in [-0.3, -0.25) is 9.59 Å². The smallest absolute Gasteiger partial charge is 0.186 e. The van der Waals surface area contributed by atoms with Gasteiger partial charge in [-0.1, -0.05) is 58.4 Å². The second-order valence-electron chi connectivity index (χ2n) is 15.8. The molecule has 0 aromatic rings. The number of hydrogen-bond acceptors (Lipinski definition) is 8. The maximum Gasteiger partial charge on any atom is 0.186 e. The third-order valence-corrected chi connectivity index (χ3v) is 12.4. The van der Waals surface area contributed by atoms with Crippen LogP contribution in [0.4, 0.5) is 0 Å². The number of carbonyl (C=O) groups is 2. The second kappa shape index (κ2) is 10.4. The summed E-state index contributed by atoms with van der Waals surface area (Å²) in [6.45, 7) is 14.8. The number of ether oxygens (including phenoxy) is 3. The van der Waals surface area contributed by atoms with Gasteiger partial charge in [0.1, 0.15) is 30.2 Å². The molecule has 1 saturated carbocycles. The summed E-state index contributed by atoms with van der Waals surface area (Å²) < 4.78 is 17.5. The molecule has 8 heteroatoms. The summed E-state index contributed by atoms with van der Waals surface area (Å²) >= 11 is 0. The van der Waals surface area contributed by atoms with E-state index < -0.39 is 30.2 Å². The lowest BCUT2D eigenvalue weighted by Crippen LogP contribution is -2.56. The first-order valence-electron chi connectivity index (χ1n) is 16.1. The second-order valence-corrected chi connectivity index (χ2v) is 15.8. The van der Waals surface area contributed by atoms with E-state index in [-0.39, 0.29) is 64.4 Å². The number of rotatable bonds is 6. The number of hydrogen-bond donors (Lipinski definition) is 3. The lowest BCUT2D eigenvalue weighted by atomic mass is 9.53. The predicted molar refractivity (Wildman–Crippen MR) is 160 cm³/mol. The van der Waals surface area contributed by atoms with E-state index in [4.69, 9.17) is 14.2 Å². The summed E-state index contributed by atoms with van der Waals surface area (Å²) in [5.74, 6) is 0.339. The van der Waals surface area contributed by atoms with E-state index in [0.717, 1.165) is 19.3 Å². The minimum absolute atomic E-state index is 0.0488. The molecule has 43 heavy (non-hydrogen) atoms. The topological polar surface area (TPSA) is 126 Å². The molecule has 0 spiro atoms. The van der Waals surface area contributed by atoms with Crippen LogP contribution in [0.3, 0.4) is 0 Å². The highest BCUT2D eigenvalue weighted by atomic mass is 16.7. The van der Waals surface area contributed by atoms with Crippen molar-refractivity contribution in [3.63, 3.8) is 0 Å². The number of carbonyl (C=O) groups excluding carboxylic acids is 2. The minimum atomic E-state index is -1.32. The Labute approximate surface area is 255 Å². The van der Waals surface area contributed by atoms with Crippen LogP contribution in [0.1, 0.15) is 87.0 Å². The molecule has 0 unspecified atom stereocenters. The van der Waals surface area contributed by atoms with Gasteiger partial charge in [0.25, 0.3) is 0 Å². The summed E-state index contributed by atoms with van der Waals surface area (Å²) in [6.07, 6.45) is 5.63. The number of aliphatic hydroxyl groups is 3. The van der Waals surface area contributed by atoms with Gasteiger partial charge in [0, 0.05) is 24.2 Å².